The first-order valence-corrected chi connectivity index (χ1v) is 6.31. The monoisotopic (exact) mass is 308 g/mol. The molecule has 0 aliphatic heterocycles. The van der Waals surface area contributed by atoms with E-state index in [1.54, 1.807) is 18.2 Å². The Labute approximate surface area is 126 Å². The summed E-state index contributed by atoms with van der Waals surface area (Å²) in [6, 6.07) is 6.31. The van der Waals surface area contributed by atoms with Crippen molar-refractivity contribution in [3.05, 3.63) is 41.0 Å². The van der Waals surface area contributed by atoms with Gasteiger partial charge in [0.1, 0.15) is 17.3 Å². The molecule has 2 aromatic rings. The fourth-order valence-electron chi connectivity index (χ4n) is 1.69. The first-order chi connectivity index (χ1) is 10.0. The predicted molar refractivity (Wildman–Crippen MR) is 79.0 cm³/mol. The summed E-state index contributed by atoms with van der Waals surface area (Å²) in [6.07, 6.45) is 1.27. The number of nitrogens with zero attached hydrogens (tertiary/aromatic N) is 1. The molecule has 1 aromatic heterocycles. The molecular formula is C14H13ClN2O4. The minimum Gasteiger partial charge on any atom is -0.495 e. The molecule has 0 unspecified atom stereocenters. The summed E-state index contributed by atoms with van der Waals surface area (Å²) in [7, 11) is 3.03. The zero-order valence-electron chi connectivity index (χ0n) is 11.4. The van der Waals surface area contributed by atoms with E-state index < -0.39 is 5.97 Å². The Morgan fingerprint density at radius 1 is 1.24 bits per heavy atom. The first-order valence-electron chi connectivity index (χ1n) is 5.93. The van der Waals surface area contributed by atoms with Crippen molar-refractivity contribution in [2.75, 3.05) is 19.5 Å². The van der Waals surface area contributed by atoms with E-state index in [0.717, 1.165) is 0 Å². The van der Waals surface area contributed by atoms with Gasteiger partial charge in [-0.2, -0.15) is 0 Å². The number of aromatic nitrogens is 1. The number of pyridine rings is 1. The summed E-state index contributed by atoms with van der Waals surface area (Å²) >= 11 is 6.03. The number of rotatable bonds is 5. The minimum atomic E-state index is -1.03. The van der Waals surface area contributed by atoms with Gasteiger partial charge in [-0.25, -0.2) is 9.78 Å². The number of carboxylic acids is 1. The highest BCUT2D eigenvalue weighted by molar-refractivity contribution is 6.32. The highest BCUT2D eigenvalue weighted by Gasteiger charge is 2.11. The lowest BCUT2D eigenvalue weighted by atomic mass is 10.2. The van der Waals surface area contributed by atoms with Gasteiger partial charge >= 0.3 is 5.97 Å². The lowest BCUT2D eigenvalue weighted by Gasteiger charge is -2.13. The molecule has 21 heavy (non-hydrogen) atoms. The van der Waals surface area contributed by atoms with Gasteiger partial charge in [0.25, 0.3) is 0 Å². The third-order valence-corrected chi connectivity index (χ3v) is 3.04. The van der Waals surface area contributed by atoms with E-state index in [1.807, 2.05) is 0 Å². The summed E-state index contributed by atoms with van der Waals surface area (Å²) in [6.45, 7) is 0. The molecule has 0 amide bonds. The van der Waals surface area contributed by atoms with Crippen molar-refractivity contribution >= 4 is 29.1 Å². The molecule has 2 N–H and O–H groups in total. The van der Waals surface area contributed by atoms with Crippen LogP contribution < -0.4 is 14.8 Å². The van der Waals surface area contributed by atoms with Crippen molar-refractivity contribution in [3.8, 4) is 11.5 Å². The molecule has 7 heteroatoms. The van der Waals surface area contributed by atoms with Crippen molar-refractivity contribution in [2.24, 2.45) is 0 Å². The topological polar surface area (TPSA) is 80.7 Å². The quantitative estimate of drug-likeness (QED) is 0.883. The second-order valence-corrected chi connectivity index (χ2v) is 4.46. The molecule has 0 bridgehead atoms. The number of hydrogen-bond donors (Lipinski definition) is 2. The second-order valence-electron chi connectivity index (χ2n) is 4.05. The molecule has 0 saturated heterocycles. The van der Waals surface area contributed by atoms with Crippen LogP contribution in [-0.4, -0.2) is 30.3 Å². The van der Waals surface area contributed by atoms with E-state index in [2.05, 4.69) is 10.3 Å². The molecule has 2 rings (SSSR count). The second kappa shape index (κ2) is 6.32. The first kappa shape index (κ1) is 14.9. The third kappa shape index (κ3) is 3.35. The Balaban J connectivity index is 2.31. The van der Waals surface area contributed by atoms with Gasteiger partial charge in [-0.1, -0.05) is 11.6 Å². The number of carbonyl (C=O) groups is 1. The van der Waals surface area contributed by atoms with Crippen LogP contribution in [-0.2, 0) is 0 Å². The minimum absolute atomic E-state index is 0.112. The Morgan fingerprint density at radius 2 is 1.95 bits per heavy atom. The maximum absolute atomic E-state index is 10.8. The highest BCUT2D eigenvalue weighted by atomic mass is 35.5. The average Bonchev–Trinajstić information content (AvgIpc) is 2.49. The lowest BCUT2D eigenvalue weighted by Crippen LogP contribution is -2.00. The Hall–Kier alpha value is -2.47. The maximum Gasteiger partial charge on any atom is 0.337 e. The molecule has 6 nitrogen and oxygen atoms in total. The fraction of sp³-hybridized carbons (Fsp3) is 0.143. The van der Waals surface area contributed by atoms with E-state index >= 15 is 0 Å². The molecule has 0 spiro atoms. The summed E-state index contributed by atoms with van der Waals surface area (Å²) < 4.78 is 10.4. The van der Waals surface area contributed by atoms with Gasteiger partial charge in [-0.3, -0.25) is 0 Å². The van der Waals surface area contributed by atoms with Crippen LogP contribution in [0.3, 0.4) is 0 Å². The standard InChI is InChI=1S/C14H13ClN2O4/c1-20-11-6-10(12(21-2)5-9(11)15)17-13-4-3-8(7-16-13)14(18)19/h3-7H,1-2H3,(H,16,17)(H,18,19). The largest absolute Gasteiger partial charge is 0.495 e. The molecule has 0 atom stereocenters. The summed E-state index contributed by atoms with van der Waals surface area (Å²) in [5.41, 5.74) is 0.718. The summed E-state index contributed by atoms with van der Waals surface area (Å²) in [5.74, 6) is 0.453. The van der Waals surface area contributed by atoms with E-state index in [4.69, 9.17) is 26.2 Å². The number of anilines is 2. The number of aromatic carboxylic acids is 1. The van der Waals surface area contributed by atoms with Crippen molar-refractivity contribution in [2.45, 2.75) is 0 Å². The molecule has 0 aliphatic rings. The number of hydrogen-bond acceptors (Lipinski definition) is 5. The average molecular weight is 309 g/mol. The van der Waals surface area contributed by atoms with E-state index in [9.17, 15) is 4.79 Å². The Kier molecular flexibility index (Phi) is 4.49. The molecule has 0 saturated carbocycles. The van der Waals surface area contributed by atoms with Crippen LogP contribution in [0.5, 0.6) is 11.5 Å². The van der Waals surface area contributed by atoms with E-state index in [1.165, 1.54) is 26.5 Å². The van der Waals surface area contributed by atoms with Gasteiger partial charge in [0.2, 0.25) is 0 Å². The maximum atomic E-state index is 10.8. The van der Waals surface area contributed by atoms with Gasteiger partial charge in [0, 0.05) is 18.3 Å². The number of methoxy groups -OCH3 is 2. The zero-order chi connectivity index (χ0) is 15.4. The molecule has 0 radical (unpaired) electrons. The van der Waals surface area contributed by atoms with Gasteiger partial charge in [-0.15, -0.1) is 0 Å². The number of ether oxygens (including phenoxy) is 2. The number of carboxylic acid groups (broad SMARTS) is 1. The van der Waals surface area contributed by atoms with Gasteiger partial charge in [0.15, 0.2) is 0 Å². The fourth-order valence-corrected chi connectivity index (χ4v) is 1.92. The van der Waals surface area contributed by atoms with Crippen LogP contribution in [0.15, 0.2) is 30.5 Å². The van der Waals surface area contributed by atoms with Crippen molar-refractivity contribution in [3.63, 3.8) is 0 Å². The van der Waals surface area contributed by atoms with Crippen molar-refractivity contribution in [1.29, 1.82) is 0 Å². The zero-order valence-corrected chi connectivity index (χ0v) is 12.1. The van der Waals surface area contributed by atoms with E-state index in [0.29, 0.717) is 28.0 Å². The van der Waals surface area contributed by atoms with Crippen molar-refractivity contribution < 1.29 is 19.4 Å². The van der Waals surface area contributed by atoms with Crippen LogP contribution in [0.4, 0.5) is 11.5 Å². The lowest BCUT2D eigenvalue weighted by molar-refractivity contribution is 0.0696. The Bertz CT molecular complexity index is 659. The van der Waals surface area contributed by atoms with Crippen LogP contribution in [0.25, 0.3) is 0 Å². The van der Waals surface area contributed by atoms with E-state index in [-0.39, 0.29) is 5.56 Å². The van der Waals surface area contributed by atoms with Gasteiger partial charge in [0.05, 0.1) is 30.5 Å². The van der Waals surface area contributed by atoms with Crippen LogP contribution in [0.2, 0.25) is 5.02 Å². The molecule has 0 fully saturated rings. The molecular weight excluding hydrogens is 296 g/mol. The predicted octanol–water partition coefficient (Wildman–Crippen LogP) is 3.19. The van der Waals surface area contributed by atoms with Gasteiger partial charge in [-0.05, 0) is 12.1 Å². The van der Waals surface area contributed by atoms with Crippen LogP contribution in [0.1, 0.15) is 10.4 Å². The van der Waals surface area contributed by atoms with Crippen molar-refractivity contribution in [1.82, 2.24) is 4.98 Å². The third-order valence-electron chi connectivity index (χ3n) is 2.75. The summed E-state index contributed by atoms with van der Waals surface area (Å²) in [5, 5.41) is 12.3. The highest BCUT2D eigenvalue weighted by Crippen LogP contribution is 2.36. The SMILES string of the molecule is COc1cc(Nc2ccc(C(=O)O)cn2)c(OC)cc1Cl. The number of nitrogens with one attached hydrogen (secondary N) is 1. The molecule has 0 aliphatic carbocycles. The smallest absolute Gasteiger partial charge is 0.337 e. The Morgan fingerprint density at radius 3 is 2.48 bits per heavy atom. The molecule has 1 aromatic carbocycles. The van der Waals surface area contributed by atoms with Crippen LogP contribution >= 0.6 is 11.6 Å². The molecule has 110 valence electrons. The van der Waals surface area contributed by atoms with Gasteiger partial charge < -0.3 is 19.9 Å². The number of halogens is 1. The normalized spacial score (nSPS) is 10.0. The molecule has 1 heterocycles. The summed E-state index contributed by atoms with van der Waals surface area (Å²) in [4.78, 5) is 14.8. The van der Waals surface area contributed by atoms with Crippen LogP contribution in [0, 0.1) is 0 Å². The number of benzene rings is 1.